The van der Waals surface area contributed by atoms with Gasteiger partial charge in [0, 0.05) is 13.1 Å². The van der Waals surface area contributed by atoms with E-state index in [1.54, 1.807) is 4.90 Å². The van der Waals surface area contributed by atoms with Gasteiger partial charge >= 0.3 is 0 Å². The minimum absolute atomic E-state index is 0.0302. The van der Waals surface area contributed by atoms with E-state index in [0.29, 0.717) is 18.8 Å². The fraction of sp³-hybridized carbons (Fsp3) is 0.417. The molecule has 0 unspecified atom stereocenters. The van der Waals surface area contributed by atoms with Crippen molar-refractivity contribution in [3.63, 3.8) is 0 Å². The summed E-state index contributed by atoms with van der Waals surface area (Å²) in [4.78, 5) is 13.1. The van der Waals surface area contributed by atoms with Crippen molar-refractivity contribution in [2.75, 3.05) is 19.7 Å². The summed E-state index contributed by atoms with van der Waals surface area (Å²) in [6, 6.07) is 5.66. The van der Waals surface area contributed by atoms with E-state index in [-0.39, 0.29) is 30.9 Å². The molecule has 1 aromatic carbocycles. The van der Waals surface area contributed by atoms with Gasteiger partial charge in [-0.15, -0.1) is 0 Å². The average Bonchev–Trinajstić information content (AvgIpc) is 2.27. The predicted molar refractivity (Wildman–Crippen MR) is 59.1 cm³/mol. The van der Waals surface area contributed by atoms with Crippen LogP contribution in [0.1, 0.15) is 6.42 Å². The number of hydrogen-bond donors (Lipinski definition) is 1. The highest BCUT2D eigenvalue weighted by molar-refractivity contribution is 5.77. The Balaban J connectivity index is 1.69. The minimum atomic E-state index is -0.378. The third-order valence-electron chi connectivity index (χ3n) is 2.61. The van der Waals surface area contributed by atoms with E-state index in [4.69, 9.17) is 9.84 Å². The number of carbonyl (C=O) groups excluding carboxylic acids is 1. The number of likely N-dealkylation sites (tertiary alicyclic amines) is 1. The van der Waals surface area contributed by atoms with Crippen LogP contribution in [0.4, 0.5) is 4.39 Å². The number of benzene rings is 1. The van der Waals surface area contributed by atoms with Crippen LogP contribution in [0.2, 0.25) is 0 Å². The SMILES string of the molecule is O=C(CCOc1ccc(F)cc1)N1CC(O)C1. The topological polar surface area (TPSA) is 49.8 Å². The van der Waals surface area contributed by atoms with Crippen LogP contribution in [0.3, 0.4) is 0 Å². The zero-order chi connectivity index (χ0) is 12.3. The highest BCUT2D eigenvalue weighted by Crippen LogP contribution is 2.12. The van der Waals surface area contributed by atoms with Gasteiger partial charge in [-0.25, -0.2) is 4.39 Å². The van der Waals surface area contributed by atoms with Crippen LogP contribution in [0.15, 0.2) is 24.3 Å². The Bertz CT molecular complexity index is 387. The van der Waals surface area contributed by atoms with Gasteiger partial charge in [-0.3, -0.25) is 4.79 Å². The van der Waals surface area contributed by atoms with Crippen LogP contribution in [0, 0.1) is 5.82 Å². The number of nitrogens with zero attached hydrogens (tertiary/aromatic N) is 1. The highest BCUT2D eigenvalue weighted by Gasteiger charge is 2.28. The molecule has 5 heteroatoms. The van der Waals surface area contributed by atoms with Crippen LogP contribution >= 0.6 is 0 Å². The van der Waals surface area contributed by atoms with Crippen molar-refractivity contribution in [2.45, 2.75) is 12.5 Å². The number of aliphatic hydroxyl groups is 1. The van der Waals surface area contributed by atoms with Crippen LogP contribution in [-0.2, 0) is 4.79 Å². The van der Waals surface area contributed by atoms with E-state index >= 15 is 0 Å². The molecular formula is C12H14FNO3. The molecule has 1 amide bonds. The van der Waals surface area contributed by atoms with E-state index in [0.717, 1.165) is 0 Å². The van der Waals surface area contributed by atoms with Gasteiger partial charge in [0.2, 0.25) is 5.91 Å². The quantitative estimate of drug-likeness (QED) is 0.845. The molecule has 1 N–H and O–H groups in total. The summed E-state index contributed by atoms with van der Waals surface area (Å²) in [6.07, 6.45) is -0.110. The van der Waals surface area contributed by atoms with Crippen molar-refractivity contribution in [1.29, 1.82) is 0 Å². The summed E-state index contributed by atoms with van der Waals surface area (Å²) in [5.41, 5.74) is 0. The van der Waals surface area contributed by atoms with Gasteiger partial charge in [0.25, 0.3) is 0 Å². The largest absolute Gasteiger partial charge is 0.493 e. The Labute approximate surface area is 98.6 Å². The standard InChI is InChI=1S/C12H14FNO3/c13-9-1-3-11(4-2-9)17-6-5-12(16)14-7-10(15)8-14/h1-4,10,15H,5-8H2. The van der Waals surface area contributed by atoms with Crippen molar-refractivity contribution in [1.82, 2.24) is 4.90 Å². The maximum Gasteiger partial charge on any atom is 0.226 e. The van der Waals surface area contributed by atoms with E-state index < -0.39 is 0 Å². The second-order valence-electron chi connectivity index (χ2n) is 4.00. The molecule has 1 aliphatic rings. The van der Waals surface area contributed by atoms with Crippen LogP contribution < -0.4 is 4.74 Å². The van der Waals surface area contributed by atoms with Crippen LogP contribution in [0.25, 0.3) is 0 Å². The van der Waals surface area contributed by atoms with Gasteiger partial charge in [0.15, 0.2) is 0 Å². The molecule has 0 bridgehead atoms. The summed E-state index contributed by atoms with van der Waals surface area (Å²) in [5, 5.41) is 9.04. The first kappa shape index (κ1) is 11.9. The Morgan fingerprint density at radius 3 is 2.65 bits per heavy atom. The molecule has 1 fully saturated rings. The lowest BCUT2D eigenvalue weighted by molar-refractivity contribution is -0.141. The molecule has 0 spiro atoms. The molecular weight excluding hydrogens is 225 g/mol. The Morgan fingerprint density at radius 2 is 2.06 bits per heavy atom. The molecule has 1 heterocycles. The van der Waals surface area contributed by atoms with Crippen molar-refractivity contribution in [2.24, 2.45) is 0 Å². The zero-order valence-electron chi connectivity index (χ0n) is 9.30. The molecule has 1 saturated heterocycles. The number of β-amino-alcohol motifs (C(OH)–C–C–N with tert-alkyl or cyclic N) is 1. The molecule has 0 radical (unpaired) electrons. The Kier molecular flexibility index (Phi) is 3.58. The molecule has 1 aromatic rings. The predicted octanol–water partition coefficient (Wildman–Crippen LogP) is 0.798. The molecule has 0 aliphatic carbocycles. The van der Waals surface area contributed by atoms with Crippen molar-refractivity contribution in [3.8, 4) is 5.75 Å². The maximum absolute atomic E-state index is 12.6. The summed E-state index contributed by atoms with van der Waals surface area (Å²) >= 11 is 0. The Morgan fingerprint density at radius 1 is 1.41 bits per heavy atom. The van der Waals surface area contributed by atoms with Gasteiger partial charge < -0.3 is 14.7 Å². The third-order valence-corrected chi connectivity index (χ3v) is 2.61. The van der Waals surface area contributed by atoms with E-state index in [1.165, 1.54) is 24.3 Å². The number of aliphatic hydroxyl groups excluding tert-OH is 1. The molecule has 4 nitrogen and oxygen atoms in total. The second-order valence-corrected chi connectivity index (χ2v) is 4.00. The summed E-state index contributed by atoms with van der Waals surface area (Å²) < 4.78 is 17.9. The lowest BCUT2D eigenvalue weighted by Gasteiger charge is -2.35. The minimum Gasteiger partial charge on any atom is -0.493 e. The molecule has 2 rings (SSSR count). The lowest BCUT2D eigenvalue weighted by Crippen LogP contribution is -2.53. The smallest absolute Gasteiger partial charge is 0.226 e. The van der Waals surface area contributed by atoms with Crippen LogP contribution in [0.5, 0.6) is 5.75 Å². The van der Waals surface area contributed by atoms with E-state index in [2.05, 4.69) is 0 Å². The Hall–Kier alpha value is -1.62. The second kappa shape index (κ2) is 5.14. The van der Waals surface area contributed by atoms with E-state index in [9.17, 15) is 9.18 Å². The van der Waals surface area contributed by atoms with E-state index in [1.807, 2.05) is 0 Å². The van der Waals surface area contributed by atoms with Gasteiger partial charge in [-0.05, 0) is 24.3 Å². The van der Waals surface area contributed by atoms with Crippen molar-refractivity contribution >= 4 is 5.91 Å². The normalized spacial score (nSPS) is 15.5. The number of halogens is 1. The van der Waals surface area contributed by atoms with Crippen molar-refractivity contribution < 1.29 is 19.0 Å². The first-order valence-corrected chi connectivity index (χ1v) is 5.49. The average molecular weight is 239 g/mol. The first-order chi connectivity index (χ1) is 8.15. The van der Waals surface area contributed by atoms with Gasteiger partial charge in [0.1, 0.15) is 11.6 Å². The molecule has 0 aromatic heterocycles. The number of carbonyl (C=O) groups is 1. The fourth-order valence-corrected chi connectivity index (χ4v) is 1.60. The number of ether oxygens (including phenoxy) is 1. The molecule has 0 atom stereocenters. The van der Waals surface area contributed by atoms with Gasteiger partial charge in [-0.2, -0.15) is 0 Å². The highest BCUT2D eigenvalue weighted by atomic mass is 19.1. The fourth-order valence-electron chi connectivity index (χ4n) is 1.60. The third kappa shape index (κ3) is 3.17. The molecule has 17 heavy (non-hydrogen) atoms. The van der Waals surface area contributed by atoms with Gasteiger partial charge in [-0.1, -0.05) is 0 Å². The molecule has 1 aliphatic heterocycles. The maximum atomic E-state index is 12.6. The molecule has 0 saturated carbocycles. The number of rotatable bonds is 4. The first-order valence-electron chi connectivity index (χ1n) is 5.49. The van der Waals surface area contributed by atoms with Gasteiger partial charge in [0.05, 0.1) is 19.1 Å². The van der Waals surface area contributed by atoms with Crippen LogP contribution in [-0.4, -0.2) is 41.7 Å². The lowest BCUT2D eigenvalue weighted by atomic mass is 10.1. The summed E-state index contributed by atoms with van der Waals surface area (Å²) in [5.74, 6) is 0.197. The number of amides is 1. The van der Waals surface area contributed by atoms with Crippen molar-refractivity contribution in [3.05, 3.63) is 30.1 Å². The zero-order valence-corrected chi connectivity index (χ0v) is 9.30. The monoisotopic (exact) mass is 239 g/mol. The summed E-state index contributed by atoms with van der Waals surface area (Å²) in [7, 11) is 0. The molecule has 92 valence electrons. The summed E-state index contributed by atoms with van der Waals surface area (Å²) in [6.45, 7) is 1.09. The number of hydrogen-bond acceptors (Lipinski definition) is 3.